The van der Waals surface area contributed by atoms with Crippen LogP contribution >= 0.6 is 0 Å². The van der Waals surface area contributed by atoms with Crippen LogP contribution in [0.15, 0.2) is 24.3 Å². The molecular weight excluding hydrogens is 290 g/mol. The molecule has 3 rings (SSSR count). The van der Waals surface area contributed by atoms with Gasteiger partial charge in [-0.2, -0.15) is 0 Å². The summed E-state index contributed by atoms with van der Waals surface area (Å²) in [5, 5.41) is 13.5. The molecule has 122 valence electrons. The van der Waals surface area contributed by atoms with Gasteiger partial charge in [0.1, 0.15) is 0 Å². The molecule has 0 unspecified atom stereocenters. The van der Waals surface area contributed by atoms with Gasteiger partial charge in [-0.15, -0.1) is 0 Å². The van der Waals surface area contributed by atoms with Gasteiger partial charge < -0.3 is 15.3 Å². The van der Waals surface area contributed by atoms with Crippen LogP contribution in [0.25, 0.3) is 10.9 Å². The Balaban J connectivity index is 1.88. The van der Waals surface area contributed by atoms with E-state index in [9.17, 15) is 9.90 Å². The van der Waals surface area contributed by atoms with Gasteiger partial charge in [-0.1, -0.05) is 12.1 Å². The number of piperidine rings is 1. The Bertz CT molecular complexity index is 722. The largest absolute Gasteiger partial charge is 0.392 e. The molecule has 0 bridgehead atoms. The number of likely N-dealkylation sites (tertiary alicyclic amines) is 1. The van der Waals surface area contributed by atoms with Crippen molar-refractivity contribution in [3.8, 4) is 0 Å². The van der Waals surface area contributed by atoms with E-state index in [4.69, 9.17) is 0 Å². The zero-order valence-electron chi connectivity index (χ0n) is 13.7. The summed E-state index contributed by atoms with van der Waals surface area (Å²) >= 11 is 0. The minimum Gasteiger partial charge on any atom is -0.392 e. The molecule has 0 atom stereocenters. The van der Waals surface area contributed by atoms with Crippen LogP contribution in [0.2, 0.25) is 0 Å². The lowest BCUT2D eigenvalue weighted by Crippen LogP contribution is -2.35. The fraction of sp³-hybridized carbons (Fsp3) is 0.444. The molecule has 2 heterocycles. The summed E-state index contributed by atoms with van der Waals surface area (Å²) in [6.45, 7) is 3.78. The van der Waals surface area contributed by atoms with Gasteiger partial charge in [-0.05, 0) is 57.6 Å². The Morgan fingerprint density at radius 3 is 2.83 bits per heavy atom. The molecule has 5 heteroatoms. The second-order valence-electron chi connectivity index (χ2n) is 6.35. The number of hydrogen-bond acceptors (Lipinski definition) is 4. The Kier molecular flexibility index (Phi) is 4.59. The normalized spacial score (nSPS) is 16.7. The van der Waals surface area contributed by atoms with E-state index >= 15 is 0 Å². The first-order valence-electron chi connectivity index (χ1n) is 8.08. The van der Waals surface area contributed by atoms with Crippen molar-refractivity contribution in [3.63, 3.8) is 0 Å². The van der Waals surface area contributed by atoms with Gasteiger partial charge in [-0.25, -0.2) is 0 Å². The average molecular weight is 313 g/mol. The SMILES string of the molecule is Cc1cc(CO)c2cccc(NC(=O)C3CCN(C)CC3)c2n1. The molecule has 1 amide bonds. The maximum atomic E-state index is 12.6. The van der Waals surface area contributed by atoms with Crippen LogP contribution in [0.5, 0.6) is 0 Å². The first-order chi connectivity index (χ1) is 11.1. The predicted molar refractivity (Wildman–Crippen MR) is 91.3 cm³/mol. The van der Waals surface area contributed by atoms with E-state index in [1.807, 2.05) is 31.2 Å². The van der Waals surface area contributed by atoms with Crippen LogP contribution in [0.4, 0.5) is 5.69 Å². The summed E-state index contributed by atoms with van der Waals surface area (Å²) in [5.74, 6) is 0.128. The van der Waals surface area contributed by atoms with Crippen molar-refractivity contribution in [1.29, 1.82) is 0 Å². The third-order valence-electron chi connectivity index (χ3n) is 4.57. The molecular formula is C18H23N3O2. The molecule has 1 saturated heterocycles. The highest BCUT2D eigenvalue weighted by atomic mass is 16.3. The molecule has 1 aromatic carbocycles. The van der Waals surface area contributed by atoms with Gasteiger partial charge in [-0.3, -0.25) is 9.78 Å². The van der Waals surface area contributed by atoms with Crippen LogP contribution in [-0.4, -0.2) is 41.0 Å². The summed E-state index contributed by atoms with van der Waals surface area (Å²) < 4.78 is 0. The first-order valence-corrected chi connectivity index (χ1v) is 8.08. The molecule has 0 saturated carbocycles. The number of amides is 1. The summed E-state index contributed by atoms with van der Waals surface area (Å²) in [4.78, 5) is 19.4. The molecule has 23 heavy (non-hydrogen) atoms. The van der Waals surface area contributed by atoms with Crippen LogP contribution < -0.4 is 5.32 Å². The lowest BCUT2D eigenvalue weighted by atomic mass is 9.96. The quantitative estimate of drug-likeness (QED) is 0.912. The van der Waals surface area contributed by atoms with E-state index < -0.39 is 0 Å². The molecule has 2 N–H and O–H groups in total. The van der Waals surface area contributed by atoms with Crippen molar-refractivity contribution in [1.82, 2.24) is 9.88 Å². The van der Waals surface area contributed by atoms with E-state index in [0.717, 1.165) is 53.8 Å². The van der Waals surface area contributed by atoms with Crippen molar-refractivity contribution < 1.29 is 9.90 Å². The lowest BCUT2D eigenvalue weighted by molar-refractivity contribution is -0.121. The van der Waals surface area contributed by atoms with E-state index in [1.54, 1.807) is 0 Å². The Morgan fingerprint density at radius 2 is 2.13 bits per heavy atom. The summed E-state index contributed by atoms with van der Waals surface area (Å²) in [5.41, 5.74) is 3.15. The monoisotopic (exact) mass is 313 g/mol. The number of carbonyl (C=O) groups is 1. The number of fused-ring (bicyclic) bond motifs is 1. The van der Waals surface area contributed by atoms with Crippen molar-refractivity contribution >= 4 is 22.5 Å². The van der Waals surface area contributed by atoms with E-state index in [1.165, 1.54) is 0 Å². The van der Waals surface area contributed by atoms with E-state index in [2.05, 4.69) is 22.2 Å². The van der Waals surface area contributed by atoms with Crippen LogP contribution in [0, 0.1) is 12.8 Å². The third kappa shape index (κ3) is 3.35. The number of rotatable bonds is 3. The van der Waals surface area contributed by atoms with E-state index in [-0.39, 0.29) is 18.4 Å². The minimum absolute atomic E-state index is 0.0355. The highest BCUT2D eigenvalue weighted by molar-refractivity contribution is 6.02. The Morgan fingerprint density at radius 1 is 1.39 bits per heavy atom. The molecule has 5 nitrogen and oxygen atoms in total. The third-order valence-corrected chi connectivity index (χ3v) is 4.57. The zero-order chi connectivity index (χ0) is 16.4. The summed E-state index contributed by atoms with van der Waals surface area (Å²) in [6, 6.07) is 7.58. The molecule has 0 radical (unpaired) electrons. The highest BCUT2D eigenvalue weighted by Crippen LogP contribution is 2.27. The fourth-order valence-electron chi connectivity index (χ4n) is 3.20. The number of para-hydroxylation sites is 1. The number of aromatic nitrogens is 1. The number of pyridine rings is 1. The second kappa shape index (κ2) is 6.64. The maximum absolute atomic E-state index is 12.6. The first kappa shape index (κ1) is 15.9. The molecule has 0 spiro atoms. The summed E-state index contributed by atoms with van der Waals surface area (Å²) in [7, 11) is 2.09. The van der Waals surface area contributed by atoms with Crippen LogP contribution in [0.1, 0.15) is 24.1 Å². The van der Waals surface area contributed by atoms with Gasteiger partial charge in [0.05, 0.1) is 17.8 Å². The second-order valence-corrected chi connectivity index (χ2v) is 6.35. The Hall–Kier alpha value is -1.98. The Labute approximate surface area is 136 Å². The number of aliphatic hydroxyl groups excluding tert-OH is 1. The molecule has 1 fully saturated rings. The molecule has 0 aliphatic carbocycles. The average Bonchev–Trinajstić information content (AvgIpc) is 2.55. The standard InChI is InChI=1S/C18H23N3O2/c1-12-10-14(11-22)15-4-3-5-16(17(15)19-12)20-18(23)13-6-8-21(2)9-7-13/h3-5,10,13,22H,6-9,11H2,1-2H3,(H,20,23). The number of hydrogen-bond donors (Lipinski definition) is 2. The number of carbonyl (C=O) groups excluding carboxylic acids is 1. The van der Waals surface area contributed by atoms with Gasteiger partial charge in [0.25, 0.3) is 0 Å². The summed E-state index contributed by atoms with van der Waals surface area (Å²) in [6.07, 6.45) is 1.78. The number of benzene rings is 1. The number of nitrogens with one attached hydrogen (secondary N) is 1. The van der Waals surface area contributed by atoms with Gasteiger partial charge >= 0.3 is 0 Å². The van der Waals surface area contributed by atoms with Crippen LogP contribution in [0.3, 0.4) is 0 Å². The predicted octanol–water partition coefficient (Wildman–Crippen LogP) is 2.32. The number of aryl methyl sites for hydroxylation is 1. The lowest BCUT2D eigenvalue weighted by Gasteiger charge is -2.28. The van der Waals surface area contributed by atoms with E-state index in [0.29, 0.717) is 0 Å². The van der Waals surface area contributed by atoms with Crippen molar-refractivity contribution in [3.05, 3.63) is 35.5 Å². The van der Waals surface area contributed by atoms with Gasteiger partial charge in [0, 0.05) is 17.0 Å². The number of anilines is 1. The molecule has 1 aromatic heterocycles. The smallest absolute Gasteiger partial charge is 0.227 e. The maximum Gasteiger partial charge on any atom is 0.227 e. The minimum atomic E-state index is -0.0355. The van der Waals surface area contributed by atoms with Gasteiger partial charge in [0.15, 0.2) is 0 Å². The molecule has 2 aromatic rings. The number of nitrogens with zero attached hydrogens (tertiary/aromatic N) is 2. The number of aliphatic hydroxyl groups is 1. The van der Waals surface area contributed by atoms with Crippen molar-refractivity contribution in [2.24, 2.45) is 5.92 Å². The fourth-order valence-corrected chi connectivity index (χ4v) is 3.20. The van der Waals surface area contributed by atoms with Crippen molar-refractivity contribution in [2.45, 2.75) is 26.4 Å². The van der Waals surface area contributed by atoms with Gasteiger partial charge in [0.2, 0.25) is 5.91 Å². The molecule has 1 aliphatic rings. The van der Waals surface area contributed by atoms with Crippen molar-refractivity contribution in [2.75, 3.05) is 25.5 Å². The van der Waals surface area contributed by atoms with Crippen LogP contribution in [-0.2, 0) is 11.4 Å². The molecule has 1 aliphatic heterocycles. The zero-order valence-corrected chi connectivity index (χ0v) is 13.7. The topological polar surface area (TPSA) is 65.5 Å². The highest BCUT2D eigenvalue weighted by Gasteiger charge is 2.24.